The maximum Gasteiger partial charge on any atom is 0.319 e. The Balaban J connectivity index is 1.39. The highest BCUT2D eigenvalue weighted by molar-refractivity contribution is 7.92. The zero-order valence-corrected chi connectivity index (χ0v) is 20.7. The van der Waals surface area contributed by atoms with Crippen molar-refractivity contribution in [1.29, 1.82) is 0 Å². The molecule has 10 heteroatoms. The topological polar surface area (TPSA) is 99.3 Å². The lowest BCUT2D eigenvalue weighted by Gasteiger charge is -2.18. The molecule has 1 aliphatic heterocycles. The summed E-state index contributed by atoms with van der Waals surface area (Å²) in [6, 6.07) is 15.9. The first-order chi connectivity index (χ1) is 16.2. The second kappa shape index (κ2) is 10.2. The number of benzene rings is 3. The van der Waals surface area contributed by atoms with Crippen LogP contribution in [-0.2, 0) is 23.0 Å². The van der Waals surface area contributed by atoms with E-state index in [4.69, 9.17) is 23.2 Å². The average molecular weight is 519 g/mol. The fraction of sp³-hybridized carbons (Fsp3) is 0.208. The normalized spacial score (nSPS) is 14.1. The third kappa shape index (κ3) is 5.64. The molecular formula is C24H24Cl2N4O3S. The Morgan fingerprint density at radius 1 is 1.00 bits per heavy atom. The van der Waals surface area contributed by atoms with Gasteiger partial charge in [0, 0.05) is 17.9 Å². The number of sulfonamides is 1. The summed E-state index contributed by atoms with van der Waals surface area (Å²) in [6.07, 6.45) is 0.857. The quantitative estimate of drug-likeness (QED) is 0.354. The highest BCUT2D eigenvalue weighted by Gasteiger charge is 2.17. The largest absolute Gasteiger partial charge is 0.331 e. The highest BCUT2D eigenvalue weighted by Crippen LogP contribution is 2.30. The summed E-state index contributed by atoms with van der Waals surface area (Å²) in [5, 5.41) is 9.56. The smallest absolute Gasteiger partial charge is 0.319 e. The Hall–Kier alpha value is -2.78. The van der Waals surface area contributed by atoms with Gasteiger partial charge >= 0.3 is 6.03 Å². The van der Waals surface area contributed by atoms with Crippen LogP contribution < -0.4 is 20.7 Å². The Morgan fingerprint density at radius 3 is 2.50 bits per heavy atom. The van der Waals surface area contributed by atoms with Crippen molar-refractivity contribution in [3.05, 3.63) is 87.4 Å². The van der Waals surface area contributed by atoms with Gasteiger partial charge in [-0.15, -0.1) is 0 Å². The van der Waals surface area contributed by atoms with Gasteiger partial charge in [-0.3, -0.25) is 4.72 Å². The molecule has 0 saturated carbocycles. The lowest BCUT2D eigenvalue weighted by molar-refractivity contribution is 0.249. The molecule has 1 heterocycles. The number of anilines is 2. The maximum atomic E-state index is 12.8. The van der Waals surface area contributed by atoms with Crippen molar-refractivity contribution in [3.63, 3.8) is 0 Å². The number of urea groups is 1. The molecule has 0 bridgehead atoms. The number of hydrogen-bond acceptors (Lipinski definition) is 4. The average Bonchev–Trinajstić information content (AvgIpc) is 2.80. The molecule has 34 heavy (non-hydrogen) atoms. The third-order valence-corrected chi connectivity index (χ3v) is 7.79. The van der Waals surface area contributed by atoms with Crippen molar-refractivity contribution >= 4 is 50.6 Å². The van der Waals surface area contributed by atoms with Gasteiger partial charge < -0.3 is 16.0 Å². The van der Waals surface area contributed by atoms with Gasteiger partial charge in [0.15, 0.2) is 0 Å². The summed E-state index contributed by atoms with van der Waals surface area (Å²) in [5.41, 5.74) is 3.97. The second-order valence-electron chi connectivity index (χ2n) is 8.00. The van der Waals surface area contributed by atoms with Gasteiger partial charge in [0.2, 0.25) is 0 Å². The summed E-state index contributed by atoms with van der Waals surface area (Å²) >= 11 is 12.3. The van der Waals surface area contributed by atoms with Crippen LogP contribution >= 0.6 is 23.2 Å². The van der Waals surface area contributed by atoms with Crippen molar-refractivity contribution in [1.82, 2.24) is 10.6 Å². The van der Waals surface area contributed by atoms with Crippen molar-refractivity contribution in [2.45, 2.75) is 30.8 Å². The summed E-state index contributed by atoms with van der Waals surface area (Å²) in [5.74, 6) is 0. The van der Waals surface area contributed by atoms with Gasteiger partial charge in [-0.05, 0) is 79.0 Å². The minimum absolute atomic E-state index is 0.0944. The number of hydrogen-bond donors (Lipinski definition) is 4. The van der Waals surface area contributed by atoms with Crippen molar-refractivity contribution < 1.29 is 13.2 Å². The monoisotopic (exact) mass is 518 g/mol. The Bertz CT molecular complexity index is 1310. The fourth-order valence-electron chi connectivity index (χ4n) is 3.77. The van der Waals surface area contributed by atoms with E-state index in [1.807, 2.05) is 12.1 Å². The zero-order chi connectivity index (χ0) is 24.3. The molecular weight excluding hydrogens is 495 g/mol. The molecule has 3 aromatic rings. The highest BCUT2D eigenvalue weighted by atomic mass is 35.5. The molecule has 0 saturated heterocycles. The minimum atomic E-state index is -3.77. The van der Waals surface area contributed by atoms with Crippen LogP contribution in [0.15, 0.2) is 65.6 Å². The number of amides is 2. The molecule has 7 nitrogen and oxygen atoms in total. The van der Waals surface area contributed by atoms with E-state index >= 15 is 0 Å². The van der Waals surface area contributed by atoms with Crippen LogP contribution in [0.25, 0.3) is 0 Å². The first-order valence-corrected chi connectivity index (χ1v) is 12.9. The Morgan fingerprint density at radius 2 is 1.74 bits per heavy atom. The van der Waals surface area contributed by atoms with Gasteiger partial charge in [0.05, 0.1) is 21.0 Å². The molecule has 1 atom stereocenters. The molecule has 0 aliphatic carbocycles. The summed E-state index contributed by atoms with van der Waals surface area (Å²) in [7, 11) is -3.77. The molecule has 0 spiro atoms. The van der Waals surface area contributed by atoms with Crippen LogP contribution in [0.5, 0.6) is 0 Å². The number of rotatable bonds is 6. The number of carbonyl (C=O) groups excluding carboxylic acids is 1. The molecule has 3 aromatic carbocycles. The lowest BCUT2D eigenvalue weighted by Crippen LogP contribution is -2.31. The van der Waals surface area contributed by atoms with E-state index in [0.717, 1.165) is 25.1 Å². The molecule has 4 rings (SSSR count). The predicted octanol–water partition coefficient (Wildman–Crippen LogP) is 5.32. The maximum absolute atomic E-state index is 12.8. The lowest BCUT2D eigenvalue weighted by atomic mass is 10.0. The van der Waals surface area contributed by atoms with Crippen LogP contribution in [0, 0.1) is 0 Å². The minimum Gasteiger partial charge on any atom is -0.331 e. The van der Waals surface area contributed by atoms with Crippen molar-refractivity contribution in [2.75, 3.05) is 16.6 Å². The first-order valence-electron chi connectivity index (χ1n) is 10.7. The number of halogens is 2. The zero-order valence-electron chi connectivity index (χ0n) is 18.4. The first kappa shape index (κ1) is 24.3. The van der Waals surface area contributed by atoms with Crippen LogP contribution in [0.4, 0.5) is 16.2 Å². The molecule has 178 valence electrons. The number of nitrogens with one attached hydrogen (secondary N) is 4. The van der Waals surface area contributed by atoms with E-state index in [0.29, 0.717) is 27.0 Å². The van der Waals surface area contributed by atoms with E-state index in [2.05, 4.69) is 20.7 Å². The summed E-state index contributed by atoms with van der Waals surface area (Å²) in [6.45, 7) is 3.45. The summed E-state index contributed by atoms with van der Waals surface area (Å²) < 4.78 is 28.3. The van der Waals surface area contributed by atoms with E-state index in [-0.39, 0.29) is 10.9 Å². The van der Waals surface area contributed by atoms with Crippen LogP contribution in [0.1, 0.15) is 29.7 Å². The molecule has 0 aromatic heterocycles. The van der Waals surface area contributed by atoms with Crippen LogP contribution in [0.3, 0.4) is 0 Å². The predicted molar refractivity (Wildman–Crippen MR) is 136 cm³/mol. The standard InChI is InChI=1S/C24H24Cl2N4O3S/c1-15(21-3-2-4-22(25)23(21)26)28-24(31)29-18-7-9-20(10-8-18)34(32,33)30-19-6-5-17-14-27-12-11-16(17)13-19/h2-10,13,15,27,30H,11-12,14H2,1H3,(H2,28,29,31)/t15-/m0/s1. The molecule has 0 radical (unpaired) electrons. The van der Waals surface area contributed by atoms with Gasteiger partial charge in [-0.1, -0.05) is 41.4 Å². The molecule has 0 fully saturated rings. The van der Waals surface area contributed by atoms with E-state index in [9.17, 15) is 13.2 Å². The van der Waals surface area contributed by atoms with Crippen LogP contribution in [-0.4, -0.2) is 21.0 Å². The molecule has 1 aliphatic rings. The van der Waals surface area contributed by atoms with Gasteiger partial charge in [-0.2, -0.15) is 0 Å². The molecule has 4 N–H and O–H groups in total. The van der Waals surface area contributed by atoms with Crippen molar-refractivity contribution in [3.8, 4) is 0 Å². The SMILES string of the molecule is C[C@H](NC(=O)Nc1ccc(S(=O)(=O)Nc2ccc3c(c2)CCNC3)cc1)c1cccc(Cl)c1Cl. The van der Waals surface area contributed by atoms with Gasteiger partial charge in [0.25, 0.3) is 10.0 Å². The number of carbonyl (C=O) groups is 1. The Kier molecular flexibility index (Phi) is 7.33. The summed E-state index contributed by atoms with van der Waals surface area (Å²) in [4.78, 5) is 12.5. The number of fused-ring (bicyclic) bond motifs is 1. The molecule has 2 amide bonds. The van der Waals surface area contributed by atoms with E-state index in [1.165, 1.54) is 29.8 Å². The third-order valence-electron chi connectivity index (χ3n) is 5.56. The fourth-order valence-corrected chi connectivity index (χ4v) is 5.29. The van der Waals surface area contributed by atoms with Gasteiger partial charge in [-0.25, -0.2) is 13.2 Å². The van der Waals surface area contributed by atoms with Gasteiger partial charge in [0.1, 0.15) is 0 Å². The van der Waals surface area contributed by atoms with Crippen LogP contribution in [0.2, 0.25) is 10.0 Å². The van der Waals surface area contributed by atoms with E-state index in [1.54, 1.807) is 31.2 Å². The second-order valence-corrected chi connectivity index (χ2v) is 10.5. The van der Waals surface area contributed by atoms with E-state index < -0.39 is 16.1 Å². The Labute approximate surface area is 208 Å². The molecule has 0 unspecified atom stereocenters. The van der Waals surface area contributed by atoms with Crippen molar-refractivity contribution in [2.24, 2.45) is 0 Å².